The number of fused-ring (bicyclic) bond motifs is 3. The first kappa shape index (κ1) is 18.2. The Labute approximate surface area is 182 Å². The van der Waals surface area contributed by atoms with E-state index in [4.69, 9.17) is 4.98 Å². The summed E-state index contributed by atoms with van der Waals surface area (Å²) in [5.41, 5.74) is 1.30. The molecule has 4 aromatic rings. The van der Waals surface area contributed by atoms with Crippen molar-refractivity contribution >= 4 is 60.6 Å². The van der Waals surface area contributed by atoms with E-state index in [1.54, 1.807) is 28.7 Å². The Balaban J connectivity index is 1.35. The molecule has 0 radical (unpaired) electrons. The smallest absolute Gasteiger partial charge is 0.197 e. The summed E-state index contributed by atoms with van der Waals surface area (Å²) in [6.07, 6.45) is 8.19. The van der Waals surface area contributed by atoms with Gasteiger partial charge in [0.25, 0.3) is 0 Å². The van der Waals surface area contributed by atoms with E-state index in [2.05, 4.69) is 6.07 Å². The molecule has 6 rings (SSSR count). The van der Waals surface area contributed by atoms with Gasteiger partial charge in [-0.3, -0.25) is 9.59 Å². The van der Waals surface area contributed by atoms with Gasteiger partial charge in [0.1, 0.15) is 4.83 Å². The molecule has 1 saturated carbocycles. The van der Waals surface area contributed by atoms with Crippen LogP contribution in [0, 0.1) is 0 Å². The minimum Gasteiger partial charge on any atom is -0.288 e. The number of allylic oxidation sites excluding steroid dienone is 1. The molecule has 0 spiro atoms. The minimum absolute atomic E-state index is 0.173. The van der Waals surface area contributed by atoms with Gasteiger partial charge in [-0.2, -0.15) is 0 Å². The van der Waals surface area contributed by atoms with Crippen molar-refractivity contribution < 1.29 is 9.59 Å². The molecule has 0 N–H and O–H groups in total. The van der Waals surface area contributed by atoms with E-state index in [0.717, 1.165) is 25.2 Å². The molecule has 2 aromatic carbocycles. The number of carbonyl (C=O) groups is 2. The van der Waals surface area contributed by atoms with Gasteiger partial charge in [-0.25, -0.2) is 4.98 Å². The molecule has 0 unspecified atom stereocenters. The highest BCUT2D eigenvalue weighted by Crippen LogP contribution is 2.40. The van der Waals surface area contributed by atoms with E-state index in [9.17, 15) is 9.59 Å². The molecular formula is C25H19NO2S2. The zero-order valence-electron chi connectivity index (χ0n) is 16.3. The van der Waals surface area contributed by atoms with Crippen LogP contribution < -0.4 is 0 Å². The molecule has 3 nitrogen and oxygen atoms in total. The van der Waals surface area contributed by atoms with Crippen LogP contribution in [0.2, 0.25) is 0 Å². The summed E-state index contributed by atoms with van der Waals surface area (Å²) in [6.45, 7) is 0. The van der Waals surface area contributed by atoms with Crippen LogP contribution in [0.15, 0.2) is 48.0 Å². The highest BCUT2D eigenvalue weighted by atomic mass is 32.1. The van der Waals surface area contributed by atoms with Gasteiger partial charge in [-0.15, -0.1) is 22.7 Å². The lowest BCUT2D eigenvalue weighted by Gasteiger charge is -2.18. The molecule has 5 heteroatoms. The van der Waals surface area contributed by atoms with Crippen LogP contribution in [-0.2, 0) is 0 Å². The lowest BCUT2D eigenvalue weighted by molar-refractivity contribution is 0.0990. The number of rotatable bonds is 2. The van der Waals surface area contributed by atoms with Gasteiger partial charge in [0.2, 0.25) is 0 Å². The molecule has 2 heterocycles. The second kappa shape index (κ2) is 6.96. The largest absolute Gasteiger partial charge is 0.288 e. The molecular weight excluding hydrogens is 410 g/mol. The van der Waals surface area contributed by atoms with Crippen molar-refractivity contribution in [2.45, 2.75) is 38.0 Å². The fraction of sp³-hybridized carbons (Fsp3) is 0.240. The number of carbonyl (C=O) groups excluding carboxylic acids is 2. The van der Waals surface area contributed by atoms with Gasteiger partial charge >= 0.3 is 0 Å². The van der Waals surface area contributed by atoms with Gasteiger partial charge in [-0.1, -0.05) is 43.5 Å². The quantitative estimate of drug-likeness (QED) is 0.254. The number of thiophene rings is 1. The number of hydrogen-bond donors (Lipinski definition) is 0. The highest BCUT2D eigenvalue weighted by Gasteiger charge is 2.33. The van der Waals surface area contributed by atoms with E-state index >= 15 is 0 Å². The van der Waals surface area contributed by atoms with Crippen LogP contribution in [0.5, 0.6) is 0 Å². The zero-order valence-corrected chi connectivity index (χ0v) is 17.9. The molecule has 0 atom stereocenters. The fourth-order valence-corrected chi connectivity index (χ4v) is 6.99. The van der Waals surface area contributed by atoms with E-state index in [-0.39, 0.29) is 17.1 Å². The summed E-state index contributed by atoms with van der Waals surface area (Å²) in [6, 6.07) is 13.6. The summed E-state index contributed by atoms with van der Waals surface area (Å²) >= 11 is 3.35. The fourth-order valence-electron chi connectivity index (χ4n) is 4.65. The lowest BCUT2D eigenvalue weighted by atomic mass is 9.90. The summed E-state index contributed by atoms with van der Waals surface area (Å²) in [7, 11) is 0. The first-order valence-corrected chi connectivity index (χ1v) is 12.0. The van der Waals surface area contributed by atoms with Crippen molar-refractivity contribution in [3.8, 4) is 0 Å². The van der Waals surface area contributed by atoms with Crippen molar-refractivity contribution in [2.75, 3.05) is 0 Å². The Morgan fingerprint density at radius 1 is 0.867 bits per heavy atom. The molecule has 2 aliphatic rings. The van der Waals surface area contributed by atoms with Crippen LogP contribution in [0.4, 0.5) is 0 Å². The number of thiazole rings is 1. The van der Waals surface area contributed by atoms with Crippen molar-refractivity contribution in [1.82, 2.24) is 4.98 Å². The predicted molar refractivity (Wildman–Crippen MR) is 124 cm³/mol. The number of benzene rings is 2. The topological polar surface area (TPSA) is 47.0 Å². The maximum atomic E-state index is 13.0. The average molecular weight is 430 g/mol. The first-order chi connectivity index (χ1) is 14.7. The third kappa shape index (κ3) is 2.88. The Hall–Kier alpha value is -2.63. The van der Waals surface area contributed by atoms with Crippen LogP contribution in [0.25, 0.3) is 26.4 Å². The maximum absolute atomic E-state index is 13.0. The second-order valence-corrected chi connectivity index (χ2v) is 10.3. The van der Waals surface area contributed by atoms with Crippen LogP contribution in [0.1, 0.15) is 68.6 Å². The van der Waals surface area contributed by atoms with Crippen molar-refractivity contribution in [1.29, 1.82) is 0 Å². The number of Topliss-reactive ketones (excluding diaryl/α,β-unsaturated/α-hetero) is 2. The molecule has 0 aliphatic heterocycles. The number of hydrogen-bond acceptors (Lipinski definition) is 5. The average Bonchev–Trinajstić information content (AvgIpc) is 3.41. The Kier molecular flexibility index (Phi) is 4.22. The Bertz CT molecular complexity index is 1280. The number of aromatic nitrogens is 1. The van der Waals surface area contributed by atoms with Crippen LogP contribution >= 0.6 is 22.7 Å². The standard InChI is InChI=1S/C25H19NO2S2/c27-22-18-10-15-8-4-5-9-16(15)11-19(18)23(28)20(22)12-17-13-21-25(29-17)26-24(30-21)14-6-2-1-3-7-14/h4-5,8-14H,1-3,6-7H2. The molecule has 2 aromatic heterocycles. The molecule has 0 saturated heterocycles. The van der Waals surface area contributed by atoms with Gasteiger partial charge in [-0.05, 0) is 47.9 Å². The summed E-state index contributed by atoms with van der Waals surface area (Å²) in [5, 5.41) is 3.21. The third-order valence-electron chi connectivity index (χ3n) is 6.23. The predicted octanol–water partition coefficient (Wildman–Crippen LogP) is 7.02. The molecule has 148 valence electrons. The number of nitrogens with zero attached hydrogens (tertiary/aromatic N) is 1. The van der Waals surface area contributed by atoms with Crippen molar-refractivity contribution in [2.24, 2.45) is 0 Å². The van der Waals surface area contributed by atoms with E-state index in [1.807, 2.05) is 36.4 Å². The van der Waals surface area contributed by atoms with Gasteiger partial charge in [0.15, 0.2) is 11.6 Å². The van der Waals surface area contributed by atoms with Crippen molar-refractivity contribution in [3.05, 3.63) is 69.0 Å². The Morgan fingerprint density at radius 2 is 1.53 bits per heavy atom. The van der Waals surface area contributed by atoms with E-state index in [0.29, 0.717) is 17.0 Å². The molecule has 1 fully saturated rings. The first-order valence-electron chi connectivity index (χ1n) is 10.4. The van der Waals surface area contributed by atoms with Gasteiger partial charge < -0.3 is 0 Å². The molecule has 2 aliphatic carbocycles. The Morgan fingerprint density at radius 3 is 2.17 bits per heavy atom. The summed E-state index contributed by atoms with van der Waals surface area (Å²) in [4.78, 5) is 32.8. The minimum atomic E-state index is -0.173. The lowest BCUT2D eigenvalue weighted by Crippen LogP contribution is -2.03. The zero-order chi connectivity index (χ0) is 20.2. The molecule has 0 bridgehead atoms. The van der Waals surface area contributed by atoms with Crippen molar-refractivity contribution in [3.63, 3.8) is 0 Å². The van der Waals surface area contributed by atoms with E-state index in [1.165, 1.54) is 37.1 Å². The number of ketones is 2. The molecule has 0 amide bonds. The third-order valence-corrected chi connectivity index (χ3v) is 8.50. The van der Waals surface area contributed by atoms with Gasteiger partial charge in [0, 0.05) is 21.9 Å². The maximum Gasteiger partial charge on any atom is 0.197 e. The highest BCUT2D eigenvalue weighted by molar-refractivity contribution is 7.27. The normalized spacial score (nSPS) is 17.3. The second-order valence-electron chi connectivity index (χ2n) is 8.17. The monoisotopic (exact) mass is 429 g/mol. The van der Waals surface area contributed by atoms with Crippen LogP contribution in [-0.4, -0.2) is 16.6 Å². The summed E-state index contributed by atoms with van der Waals surface area (Å²) < 4.78 is 1.16. The van der Waals surface area contributed by atoms with Gasteiger partial charge in [0.05, 0.1) is 15.3 Å². The van der Waals surface area contributed by atoms with Crippen LogP contribution in [0.3, 0.4) is 0 Å². The SMILES string of the molecule is O=C1C(=Cc2cc3sc(C4CCCCC4)nc3s2)C(=O)c2cc3ccccc3cc21. The molecule has 30 heavy (non-hydrogen) atoms. The van der Waals surface area contributed by atoms with E-state index < -0.39 is 0 Å². The summed E-state index contributed by atoms with van der Waals surface area (Å²) in [5.74, 6) is 0.258.